The molecular formula is C22H22F3N3O2. The molecule has 3 rings (SSSR count). The van der Waals surface area contributed by atoms with Gasteiger partial charge >= 0.3 is 6.18 Å². The number of amides is 1. The number of pyridine rings is 1. The van der Waals surface area contributed by atoms with Crippen molar-refractivity contribution in [3.63, 3.8) is 0 Å². The summed E-state index contributed by atoms with van der Waals surface area (Å²) in [7, 11) is 1.84. The highest BCUT2D eigenvalue weighted by Crippen LogP contribution is 2.29. The van der Waals surface area contributed by atoms with Crippen LogP contribution in [0.1, 0.15) is 17.5 Å². The van der Waals surface area contributed by atoms with Gasteiger partial charge in [0.15, 0.2) is 0 Å². The highest BCUT2D eigenvalue weighted by molar-refractivity contribution is 5.94. The van der Waals surface area contributed by atoms with Crippen molar-refractivity contribution < 1.29 is 23.1 Å². The molecule has 0 unspecified atom stereocenters. The summed E-state index contributed by atoms with van der Waals surface area (Å²) in [5, 5.41) is 12.7. The second kappa shape index (κ2) is 9.13. The molecule has 2 aromatic carbocycles. The summed E-state index contributed by atoms with van der Waals surface area (Å²) in [6, 6.07) is 13.9. The second-order valence-electron chi connectivity index (χ2n) is 6.96. The van der Waals surface area contributed by atoms with E-state index in [1.807, 2.05) is 30.1 Å². The van der Waals surface area contributed by atoms with Gasteiger partial charge in [0.1, 0.15) is 5.82 Å². The summed E-state index contributed by atoms with van der Waals surface area (Å²) in [4.78, 5) is 18.6. The third-order valence-electron chi connectivity index (χ3n) is 4.71. The number of aliphatic hydroxyl groups is 1. The zero-order chi connectivity index (χ0) is 21.7. The molecular weight excluding hydrogens is 395 g/mol. The van der Waals surface area contributed by atoms with Crippen LogP contribution in [0.2, 0.25) is 0 Å². The van der Waals surface area contributed by atoms with E-state index in [0.717, 1.165) is 28.9 Å². The molecule has 0 saturated heterocycles. The van der Waals surface area contributed by atoms with Crippen LogP contribution in [-0.4, -0.2) is 36.2 Å². The lowest BCUT2D eigenvalue weighted by Gasteiger charge is -2.17. The van der Waals surface area contributed by atoms with Crippen LogP contribution in [0.15, 0.2) is 54.6 Å². The van der Waals surface area contributed by atoms with Gasteiger partial charge in [0.2, 0.25) is 5.91 Å². The predicted molar refractivity (Wildman–Crippen MR) is 110 cm³/mol. The van der Waals surface area contributed by atoms with Crippen LogP contribution >= 0.6 is 0 Å². The maximum Gasteiger partial charge on any atom is 0.416 e. The first kappa shape index (κ1) is 21.6. The highest BCUT2D eigenvalue weighted by Gasteiger charge is 2.29. The van der Waals surface area contributed by atoms with Crippen LogP contribution in [-0.2, 0) is 17.4 Å². The van der Waals surface area contributed by atoms with Gasteiger partial charge in [0, 0.05) is 31.1 Å². The summed E-state index contributed by atoms with van der Waals surface area (Å²) in [5.41, 5.74) is 1.35. The van der Waals surface area contributed by atoms with Crippen molar-refractivity contribution in [2.24, 2.45) is 0 Å². The first-order valence-corrected chi connectivity index (χ1v) is 9.45. The molecule has 0 fully saturated rings. The number of anilines is 2. The van der Waals surface area contributed by atoms with E-state index in [1.54, 1.807) is 12.1 Å². The fraction of sp³-hybridized carbons (Fsp3) is 0.273. The molecule has 0 spiro atoms. The SMILES string of the molecule is CN(CCO)c1ccc2cc(NC(=O)CCc3ccc(C(F)(F)F)cc3)ccc2n1. The van der Waals surface area contributed by atoms with Gasteiger partial charge in [0.05, 0.1) is 17.7 Å². The molecule has 0 atom stereocenters. The molecule has 1 aromatic heterocycles. The van der Waals surface area contributed by atoms with E-state index in [2.05, 4.69) is 10.3 Å². The van der Waals surface area contributed by atoms with E-state index in [4.69, 9.17) is 5.11 Å². The Morgan fingerprint density at radius 1 is 1.10 bits per heavy atom. The fourth-order valence-corrected chi connectivity index (χ4v) is 3.01. The number of aliphatic hydroxyl groups excluding tert-OH is 1. The Bertz CT molecular complexity index is 1020. The molecule has 0 aliphatic heterocycles. The van der Waals surface area contributed by atoms with E-state index < -0.39 is 11.7 Å². The zero-order valence-electron chi connectivity index (χ0n) is 16.4. The van der Waals surface area contributed by atoms with Crippen molar-refractivity contribution >= 4 is 28.3 Å². The number of likely N-dealkylation sites (N-methyl/N-ethyl adjacent to an activating group) is 1. The number of nitrogens with one attached hydrogen (secondary N) is 1. The smallest absolute Gasteiger partial charge is 0.395 e. The Hall–Kier alpha value is -3.13. The van der Waals surface area contributed by atoms with Gasteiger partial charge in [-0.05, 0) is 54.4 Å². The number of halogens is 3. The maximum absolute atomic E-state index is 12.6. The Labute approximate surface area is 172 Å². The molecule has 0 bridgehead atoms. The lowest BCUT2D eigenvalue weighted by molar-refractivity contribution is -0.137. The van der Waals surface area contributed by atoms with Crippen LogP contribution in [0.5, 0.6) is 0 Å². The molecule has 0 aliphatic carbocycles. The van der Waals surface area contributed by atoms with E-state index in [9.17, 15) is 18.0 Å². The van der Waals surface area contributed by atoms with Gasteiger partial charge in [-0.2, -0.15) is 13.2 Å². The minimum Gasteiger partial charge on any atom is -0.395 e. The van der Waals surface area contributed by atoms with E-state index in [0.29, 0.717) is 24.2 Å². The van der Waals surface area contributed by atoms with Gasteiger partial charge in [-0.15, -0.1) is 0 Å². The van der Waals surface area contributed by atoms with Crippen molar-refractivity contribution in [1.29, 1.82) is 0 Å². The predicted octanol–water partition coefficient (Wildman–Crippen LogP) is 4.25. The largest absolute Gasteiger partial charge is 0.416 e. The molecule has 158 valence electrons. The van der Waals surface area contributed by atoms with Gasteiger partial charge in [-0.25, -0.2) is 4.98 Å². The number of carbonyl (C=O) groups is 1. The standard InChI is InChI=1S/C22H22F3N3O2/c1-28(12-13-29)20-10-5-16-14-18(8-9-19(16)27-20)26-21(30)11-4-15-2-6-17(7-3-15)22(23,24)25/h2-3,5-10,14,29H,4,11-13H2,1H3,(H,26,30). The lowest BCUT2D eigenvalue weighted by atomic mass is 10.1. The van der Waals surface area contributed by atoms with Crippen molar-refractivity contribution in [2.45, 2.75) is 19.0 Å². The quantitative estimate of drug-likeness (QED) is 0.603. The van der Waals surface area contributed by atoms with E-state index in [-0.39, 0.29) is 18.9 Å². The molecule has 3 aromatic rings. The zero-order valence-corrected chi connectivity index (χ0v) is 16.4. The number of rotatable bonds is 7. The van der Waals surface area contributed by atoms with Crippen LogP contribution in [0.3, 0.4) is 0 Å². The maximum atomic E-state index is 12.6. The summed E-state index contributed by atoms with van der Waals surface area (Å²) >= 11 is 0. The summed E-state index contributed by atoms with van der Waals surface area (Å²) < 4.78 is 37.8. The van der Waals surface area contributed by atoms with Crippen LogP contribution in [0.4, 0.5) is 24.7 Å². The monoisotopic (exact) mass is 417 g/mol. The number of carbonyl (C=O) groups excluding carboxylic acids is 1. The molecule has 30 heavy (non-hydrogen) atoms. The Balaban J connectivity index is 1.60. The van der Waals surface area contributed by atoms with Gasteiger partial charge in [-0.3, -0.25) is 4.79 Å². The summed E-state index contributed by atoms with van der Waals surface area (Å²) in [6.45, 7) is 0.513. The third kappa shape index (κ3) is 5.48. The van der Waals surface area contributed by atoms with Gasteiger partial charge < -0.3 is 15.3 Å². The minimum absolute atomic E-state index is 0.0354. The van der Waals surface area contributed by atoms with Crippen molar-refractivity contribution in [3.05, 3.63) is 65.7 Å². The average Bonchev–Trinajstić information content (AvgIpc) is 2.71. The molecule has 5 nitrogen and oxygen atoms in total. The number of nitrogens with zero attached hydrogens (tertiary/aromatic N) is 2. The number of benzene rings is 2. The first-order chi connectivity index (χ1) is 14.3. The fourth-order valence-electron chi connectivity index (χ4n) is 3.01. The highest BCUT2D eigenvalue weighted by atomic mass is 19.4. The minimum atomic E-state index is -4.37. The van der Waals surface area contributed by atoms with Crippen molar-refractivity contribution in [1.82, 2.24) is 4.98 Å². The van der Waals surface area contributed by atoms with Crippen molar-refractivity contribution in [2.75, 3.05) is 30.4 Å². The summed E-state index contributed by atoms with van der Waals surface area (Å²) in [6.07, 6.45) is -3.86. The van der Waals surface area contributed by atoms with Crippen LogP contribution in [0, 0.1) is 0 Å². The van der Waals surface area contributed by atoms with Crippen LogP contribution < -0.4 is 10.2 Å². The van der Waals surface area contributed by atoms with Crippen molar-refractivity contribution in [3.8, 4) is 0 Å². The number of aryl methyl sites for hydroxylation is 1. The Morgan fingerprint density at radius 2 is 1.83 bits per heavy atom. The number of aromatic nitrogens is 1. The number of alkyl halides is 3. The molecule has 1 heterocycles. The van der Waals surface area contributed by atoms with Crippen LogP contribution in [0.25, 0.3) is 10.9 Å². The normalized spacial score (nSPS) is 11.5. The average molecular weight is 417 g/mol. The topological polar surface area (TPSA) is 65.5 Å². The summed E-state index contributed by atoms with van der Waals surface area (Å²) in [5.74, 6) is 0.520. The molecule has 1 amide bonds. The first-order valence-electron chi connectivity index (χ1n) is 9.45. The molecule has 0 radical (unpaired) electrons. The number of hydrogen-bond acceptors (Lipinski definition) is 4. The molecule has 0 aliphatic rings. The molecule has 0 saturated carbocycles. The third-order valence-corrected chi connectivity index (χ3v) is 4.71. The lowest BCUT2D eigenvalue weighted by Crippen LogP contribution is -2.22. The number of hydrogen-bond donors (Lipinski definition) is 2. The van der Waals surface area contributed by atoms with Gasteiger partial charge in [0.25, 0.3) is 0 Å². The number of fused-ring (bicyclic) bond motifs is 1. The van der Waals surface area contributed by atoms with E-state index >= 15 is 0 Å². The van der Waals surface area contributed by atoms with Gasteiger partial charge in [-0.1, -0.05) is 12.1 Å². The van der Waals surface area contributed by atoms with E-state index in [1.165, 1.54) is 12.1 Å². The molecule has 2 N–H and O–H groups in total. The second-order valence-corrected chi connectivity index (χ2v) is 6.96. The Kier molecular flexibility index (Phi) is 6.56. The Morgan fingerprint density at radius 3 is 2.50 bits per heavy atom. The molecule has 8 heteroatoms.